The molecule has 1 aromatic heterocycles. The van der Waals surface area contributed by atoms with Gasteiger partial charge in [-0.05, 0) is 50.3 Å². The molecule has 4 nitrogen and oxygen atoms in total. The monoisotopic (exact) mass is 328 g/mol. The third kappa shape index (κ3) is 2.76. The van der Waals surface area contributed by atoms with Gasteiger partial charge in [0.1, 0.15) is 5.82 Å². The zero-order chi connectivity index (χ0) is 16.0. The fourth-order valence-corrected chi connectivity index (χ4v) is 3.65. The predicted molar refractivity (Wildman–Crippen MR) is 93.9 cm³/mol. The maximum atomic E-state index is 6.19. The van der Waals surface area contributed by atoms with Crippen LogP contribution >= 0.6 is 11.6 Å². The van der Waals surface area contributed by atoms with E-state index in [1.807, 2.05) is 19.1 Å². The molecule has 2 aromatic rings. The van der Waals surface area contributed by atoms with Crippen LogP contribution in [0, 0.1) is 6.92 Å². The van der Waals surface area contributed by atoms with Crippen LogP contribution in [-0.4, -0.2) is 16.5 Å². The molecule has 0 spiro atoms. The van der Waals surface area contributed by atoms with Crippen LogP contribution in [-0.2, 0) is 0 Å². The lowest BCUT2D eigenvalue weighted by Crippen LogP contribution is -2.25. The molecule has 1 aliphatic heterocycles. The molecule has 0 bridgehead atoms. The van der Waals surface area contributed by atoms with Crippen molar-refractivity contribution in [3.63, 3.8) is 0 Å². The lowest BCUT2D eigenvalue weighted by Gasteiger charge is -2.27. The molecule has 2 fully saturated rings. The number of nitrogens with two attached hydrogens (primary N) is 1. The summed E-state index contributed by atoms with van der Waals surface area (Å²) in [6.07, 6.45) is 4.65. The van der Waals surface area contributed by atoms with Crippen molar-refractivity contribution in [1.82, 2.24) is 9.97 Å². The molecular weight excluding hydrogens is 308 g/mol. The van der Waals surface area contributed by atoms with Crippen LogP contribution in [0.1, 0.15) is 54.6 Å². The van der Waals surface area contributed by atoms with E-state index in [2.05, 4.69) is 17.0 Å². The number of aromatic nitrogens is 2. The molecule has 2 aliphatic rings. The molecule has 1 unspecified atom stereocenters. The van der Waals surface area contributed by atoms with E-state index in [-0.39, 0.29) is 0 Å². The summed E-state index contributed by atoms with van der Waals surface area (Å²) < 4.78 is 0. The highest BCUT2D eigenvalue weighted by Crippen LogP contribution is 2.43. The highest BCUT2D eigenvalue weighted by Gasteiger charge is 2.32. The summed E-state index contributed by atoms with van der Waals surface area (Å²) in [5.74, 6) is 2.07. The fourth-order valence-electron chi connectivity index (χ4n) is 3.52. The topological polar surface area (TPSA) is 55.0 Å². The molecule has 120 valence electrons. The van der Waals surface area contributed by atoms with Crippen molar-refractivity contribution in [2.75, 3.05) is 17.2 Å². The molecule has 23 heavy (non-hydrogen) atoms. The maximum absolute atomic E-state index is 6.19. The summed E-state index contributed by atoms with van der Waals surface area (Å²) in [6, 6.07) is 8.45. The fraction of sp³-hybridized carbons (Fsp3) is 0.444. The predicted octanol–water partition coefficient (Wildman–Crippen LogP) is 4.24. The number of rotatable bonds is 3. The normalized spacial score (nSPS) is 21.0. The van der Waals surface area contributed by atoms with Crippen molar-refractivity contribution < 1.29 is 0 Å². The van der Waals surface area contributed by atoms with E-state index >= 15 is 0 Å². The minimum Gasteiger partial charge on any atom is -0.382 e. The van der Waals surface area contributed by atoms with Crippen LogP contribution in [0.5, 0.6) is 0 Å². The number of benzene rings is 1. The van der Waals surface area contributed by atoms with Gasteiger partial charge >= 0.3 is 0 Å². The Bertz CT molecular complexity index is 725. The Kier molecular flexibility index (Phi) is 3.64. The zero-order valence-electron chi connectivity index (χ0n) is 13.3. The molecule has 4 rings (SSSR count). The number of aryl methyl sites for hydroxylation is 1. The molecule has 2 N–H and O–H groups in total. The summed E-state index contributed by atoms with van der Waals surface area (Å²) in [6.45, 7) is 3.04. The Hall–Kier alpha value is -1.81. The van der Waals surface area contributed by atoms with E-state index in [0.717, 1.165) is 41.6 Å². The molecule has 0 amide bonds. The van der Waals surface area contributed by atoms with Gasteiger partial charge in [0.2, 0.25) is 0 Å². The second-order valence-corrected chi connectivity index (χ2v) is 7.02. The van der Waals surface area contributed by atoms with Gasteiger partial charge in [0.15, 0.2) is 5.82 Å². The highest BCUT2D eigenvalue weighted by atomic mass is 35.5. The van der Waals surface area contributed by atoms with Crippen LogP contribution < -0.4 is 10.6 Å². The van der Waals surface area contributed by atoms with Gasteiger partial charge in [0.25, 0.3) is 0 Å². The molecule has 1 aliphatic carbocycles. The lowest BCUT2D eigenvalue weighted by molar-refractivity contribution is 0.706. The van der Waals surface area contributed by atoms with Crippen LogP contribution in [0.15, 0.2) is 24.3 Å². The Balaban J connectivity index is 1.68. The minimum absolute atomic E-state index is 0.325. The van der Waals surface area contributed by atoms with Crippen LogP contribution in [0.3, 0.4) is 0 Å². The number of anilines is 2. The van der Waals surface area contributed by atoms with E-state index in [4.69, 9.17) is 27.3 Å². The van der Waals surface area contributed by atoms with Gasteiger partial charge in [-0.1, -0.05) is 23.7 Å². The van der Waals surface area contributed by atoms with Crippen molar-refractivity contribution in [2.24, 2.45) is 0 Å². The third-order valence-corrected chi connectivity index (χ3v) is 5.10. The standard InChI is InChI=1S/C18H21ClN4/c1-11-18(22-17(20)16(21-11)13-4-5-13)23-10-2-3-15(23)12-6-8-14(19)9-7-12/h6-9,13,15H,2-5,10H2,1H3,(H2,20,22). The molecule has 1 aromatic carbocycles. The van der Waals surface area contributed by atoms with Gasteiger partial charge < -0.3 is 10.6 Å². The first-order valence-corrected chi connectivity index (χ1v) is 8.67. The lowest BCUT2D eigenvalue weighted by atomic mass is 10.0. The van der Waals surface area contributed by atoms with Crippen molar-refractivity contribution in [1.29, 1.82) is 0 Å². The summed E-state index contributed by atoms with van der Waals surface area (Å²) in [4.78, 5) is 11.8. The SMILES string of the molecule is Cc1nc(C2CC2)c(N)nc1N1CCCC1c1ccc(Cl)cc1. The van der Waals surface area contributed by atoms with Gasteiger partial charge in [-0.15, -0.1) is 0 Å². The summed E-state index contributed by atoms with van der Waals surface area (Å²) in [7, 11) is 0. The average molecular weight is 329 g/mol. The van der Waals surface area contributed by atoms with E-state index in [1.54, 1.807) is 0 Å². The van der Waals surface area contributed by atoms with Gasteiger partial charge in [-0.25, -0.2) is 4.98 Å². The molecular formula is C18H21ClN4. The van der Waals surface area contributed by atoms with E-state index in [1.165, 1.54) is 18.4 Å². The van der Waals surface area contributed by atoms with Crippen LogP contribution in [0.25, 0.3) is 0 Å². The van der Waals surface area contributed by atoms with Gasteiger partial charge in [0.05, 0.1) is 17.4 Å². The minimum atomic E-state index is 0.325. The quantitative estimate of drug-likeness (QED) is 0.915. The highest BCUT2D eigenvalue weighted by molar-refractivity contribution is 6.30. The number of halogens is 1. The molecule has 1 atom stereocenters. The average Bonchev–Trinajstić information content (AvgIpc) is 3.27. The number of nitrogen functional groups attached to an aromatic ring is 1. The van der Waals surface area contributed by atoms with Crippen molar-refractivity contribution in [2.45, 2.75) is 44.6 Å². The second kappa shape index (κ2) is 5.68. The van der Waals surface area contributed by atoms with Gasteiger partial charge in [-0.2, -0.15) is 0 Å². The smallest absolute Gasteiger partial charge is 0.153 e. The zero-order valence-corrected chi connectivity index (χ0v) is 14.1. The molecule has 1 saturated carbocycles. The van der Waals surface area contributed by atoms with Crippen molar-refractivity contribution >= 4 is 23.2 Å². The van der Waals surface area contributed by atoms with E-state index in [0.29, 0.717) is 17.8 Å². The first kappa shape index (κ1) is 14.8. The molecule has 0 radical (unpaired) electrons. The van der Waals surface area contributed by atoms with Gasteiger partial charge in [0, 0.05) is 17.5 Å². The third-order valence-electron chi connectivity index (χ3n) is 4.84. The summed E-state index contributed by atoms with van der Waals surface area (Å²) in [5, 5.41) is 0.771. The van der Waals surface area contributed by atoms with E-state index < -0.39 is 0 Å². The Morgan fingerprint density at radius 1 is 1.13 bits per heavy atom. The van der Waals surface area contributed by atoms with Gasteiger partial charge in [-0.3, -0.25) is 4.98 Å². The summed E-state index contributed by atoms with van der Waals surface area (Å²) in [5.41, 5.74) is 9.44. The largest absolute Gasteiger partial charge is 0.382 e. The van der Waals surface area contributed by atoms with Crippen molar-refractivity contribution in [3.8, 4) is 0 Å². The van der Waals surface area contributed by atoms with Crippen molar-refractivity contribution in [3.05, 3.63) is 46.2 Å². The number of hydrogen-bond acceptors (Lipinski definition) is 4. The number of hydrogen-bond donors (Lipinski definition) is 1. The maximum Gasteiger partial charge on any atom is 0.153 e. The molecule has 5 heteroatoms. The molecule has 1 saturated heterocycles. The Morgan fingerprint density at radius 3 is 2.57 bits per heavy atom. The molecule has 2 heterocycles. The Labute approximate surface area is 141 Å². The first-order valence-electron chi connectivity index (χ1n) is 8.29. The van der Waals surface area contributed by atoms with Crippen LogP contribution in [0.2, 0.25) is 5.02 Å². The second-order valence-electron chi connectivity index (χ2n) is 6.58. The number of nitrogens with zero attached hydrogens (tertiary/aromatic N) is 3. The van der Waals surface area contributed by atoms with E-state index in [9.17, 15) is 0 Å². The Morgan fingerprint density at radius 2 is 1.87 bits per heavy atom. The summed E-state index contributed by atoms with van der Waals surface area (Å²) >= 11 is 6.02. The van der Waals surface area contributed by atoms with Crippen LogP contribution in [0.4, 0.5) is 11.6 Å². The first-order chi connectivity index (χ1) is 11.1.